The van der Waals surface area contributed by atoms with Gasteiger partial charge in [0.15, 0.2) is 0 Å². The largest absolute Gasteiger partial charge is 0.471 e. The molecule has 0 N–H and O–H groups in total. The number of alkyl halides is 3. The van der Waals surface area contributed by atoms with Gasteiger partial charge in [-0.05, 0) is 24.3 Å². The maximum Gasteiger partial charge on any atom is 0.471 e. The van der Waals surface area contributed by atoms with Crippen LogP contribution in [0, 0.1) is 0 Å². The lowest BCUT2D eigenvalue weighted by Gasteiger charge is -2.35. The van der Waals surface area contributed by atoms with Crippen LogP contribution in [0.15, 0.2) is 59.3 Å². The van der Waals surface area contributed by atoms with E-state index in [0.717, 1.165) is 10.9 Å². The summed E-state index contributed by atoms with van der Waals surface area (Å²) in [5.74, 6) is -1.06. The quantitative estimate of drug-likeness (QED) is 0.467. The average Bonchev–Trinajstić information content (AvgIpc) is 3.35. The van der Waals surface area contributed by atoms with Crippen molar-refractivity contribution in [2.45, 2.75) is 6.18 Å². The fourth-order valence-electron chi connectivity index (χ4n) is 3.65. The molecule has 4 aromatic rings. The number of anilines is 1. The summed E-state index contributed by atoms with van der Waals surface area (Å²) in [6, 6.07) is 14.5. The number of fused-ring (bicyclic) bond motifs is 1. The number of hydrogen-bond donors (Lipinski definition) is 0. The lowest BCUT2D eigenvalue weighted by atomic mass is 10.2. The zero-order chi connectivity index (χ0) is 23.0. The SMILES string of the molecule is O=C(c1ccc2ccccc2n1)N1CCN(c2ccc(-c3noc(C(F)(F)F)n3)cn2)CC1. The molecular formula is C22H17F3N6O2. The number of hydrogen-bond acceptors (Lipinski definition) is 7. The van der Waals surface area contributed by atoms with E-state index in [2.05, 4.69) is 24.6 Å². The number of nitrogens with zero attached hydrogens (tertiary/aromatic N) is 6. The maximum atomic E-state index is 12.9. The van der Waals surface area contributed by atoms with Crippen molar-refractivity contribution < 1.29 is 22.5 Å². The van der Waals surface area contributed by atoms with Crippen molar-refractivity contribution in [3.8, 4) is 11.4 Å². The molecule has 0 atom stereocenters. The summed E-state index contributed by atoms with van der Waals surface area (Å²) < 4.78 is 42.2. The Morgan fingerprint density at radius 2 is 1.73 bits per heavy atom. The van der Waals surface area contributed by atoms with Gasteiger partial charge in [0.25, 0.3) is 5.91 Å². The van der Waals surface area contributed by atoms with Crippen LogP contribution in [-0.4, -0.2) is 57.1 Å². The molecule has 0 radical (unpaired) electrons. The number of halogens is 3. The molecule has 0 bridgehead atoms. The lowest BCUT2D eigenvalue weighted by molar-refractivity contribution is -0.159. The molecule has 33 heavy (non-hydrogen) atoms. The van der Waals surface area contributed by atoms with Gasteiger partial charge < -0.3 is 14.3 Å². The molecule has 1 aliphatic rings. The Bertz CT molecular complexity index is 1300. The third kappa shape index (κ3) is 4.21. The standard InChI is InChI=1S/C22H17F3N6O2/c23-22(24,25)21-28-19(29-33-21)15-6-8-18(26-13-15)30-9-11-31(12-10-30)20(32)17-7-5-14-3-1-2-4-16(14)27-17/h1-8,13H,9-12H2. The number of piperazine rings is 1. The van der Waals surface area contributed by atoms with Crippen LogP contribution in [0.5, 0.6) is 0 Å². The van der Waals surface area contributed by atoms with E-state index < -0.39 is 12.1 Å². The Hall–Kier alpha value is -4.02. The second-order valence-corrected chi connectivity index (χ2v) is 7.49. The minimum atomic E-state index is -4.70. The van der Waals surface area contributed by atoms with Gasteiger partial charge in [-0.3, -0.25) is 4.79 Å². The molecule has 0 aliphatic carbocycles. The van der Waals surface area contributed by atoms with Crippen LogP contribution in [0.25, 0.3) is 22.3 Å². The number of pyridine rings is 2. The normalized spacial score (nSPS) is 14.6. The number of rotatable bonds is 3. The first-order valence-corrected chi connectivity index (χ1v) is 10.2. The topological polar surface area (TPSA) is 88.3 Å². The highest BCUT2D eigenvalue weighted by atomic mass is 19.4. The molecule has 3 aromatic heterocycles. The Labute approximate surface area is 185 Å². The smallest absolute Gasteiger partial charge is 0.353 e. The molecule has 11 heteroatoms. The minimum Gasteiger partial charge on any atom is -0.353 e. The first-order valence-electron chi connectivity index (χ1n) is 10.2. The highest BCUT2D eigenvalue weighted by Gasteiger charge is 2.38. The van der Waals surface area contributed by atoms with E-state index >= 15 is 0 Å². The number of para-hydroxylation sites is 1. The second-order valence-electron chi connectivity index (χ2n) is 7.49. The van der Waals surface area contributed by atoms with Gasteiger partial charge in [0.1, 0.15) is 11.5 Å². The Morgan fingerprint density at radius 1 is 0.939 bits per heavy atom. The Kier molecular flexibility index (Phi) is 5.15. The molecule has 1 amide bonds. The third-order valence-electron chi connectivity index (χ3n) is 5.38. The predicted molar refractivity (Wildman–Crippen MR) is 112 cm³/mol. The van der Waals surface area contributed by atoms with Crippen molar-refractivity contribution in [3.05, 3.63) is 66.3 Å². The van der Waals surface area contributed by atoms with Crippen LogP contribution in [0.3, 0.4) is 0 Å². The molecule has 0 unspecified atom stereocenters. The highest BCUT2D eigenvalue weighted by Crippen LogP contribution is 2.29. The molecule has 0 saturated carbocycles. The van der Waals surface area contributed by atoms with E-state index in [0.29, 0.717) is 43.3 Å². The van der Waals surface area contributed by atoms with Crippen LogP contribution in [0.2, 0.25) is 0 Å². The average molecular weight is 454 g/mol. The Balaban J connectivity index is 1.23. The summed E-state index contributed by atoms with van der Waals surface area (Å²) in [4.78, 5) is 28.8. The fourth-order valence-corrected chi connectivity index (χ4v) is 3.65. The molecule has 8 nitrogen and oxygen atoms in total. The van der Waals surface area contributed by atoms with Crippen LogP contribution in [0.1, 0.15) is 16.4 Å². The minimum absolute atomic E-state index is 0.124. The first-order chi connectivity index (χ1) is 15.9. The van der Waals surface area contributed by atoms with Crippen LogP contribution < -0.4 is 4.90 Å². The number of carbonyl (C=O) groups excluding carboxylic acids is 1. The summed E-state index contributed by atoms with van der Waals surface area (Å²) in [5, 5.41) is 4.34. The van der Waals surface area contributed by atoms with Crippen LogP contribution in [0.4, 0.5) is 19.0 Å². The van der Waals surface area contributed by atoms with Gasteiger partial charge >= 0.3 is 12.1 Å². The van der Waals surface area contributed by atoms with E-state index in [-0.39, 0.29) is 11.7 Å². The van der Waals surface area contributed by atoms with Crippen molar-refractivity contribution in [2.75, 3.05) is 31.1 Å². The molecule has 1 aromatic carbocycles. The molecule has 5 rings (SSSR count). The summed E-state index contributed by atoms with van der Waals surface area (Å²) in [6.07, 6.45) is -3.30. The van der Waals surface area contributed by atoms with E-state index in [4.69, 9.17) is 0 Å². The van der Waals surface area contributed by atoms with E-state index in [1.54, 1.807) is 23.1 Å². The van der Waals surface area contributed by atoms with Gasteiger partial charge in [0.2, 0.25) is 5.82 Å². The van der Waals surface area contributed by atoms with Crippen molar-refractivity contribution in [3.63, 3.8) is 0 Å². The number of amides is 1. The zero-order valence-corrected chi connectivity index (χ0v) is 17.2. The second kappa shape index (κ2) is 8.15. The molecule has 1 aliphatic heterocycles. The van der Waals surface area contributed by atoms with Crippen molar-refractivity contribution in [2.24, 2.45) is 0 Å². The van der Waals surface area contributed by atoms with Gasteiger partial charge in [-0.25, -0.2) is 9.97 Å². The molecule has 168 valence electrons. The molecule has 4 heterocycles. The maximum absolute atomic E-state index is 12.9. The summed E-state index contributed by atoms with van der Waals surface area (Å²) >= 11 is 0. The van der Waals surface area contributed by atoms with Gasteiger partial charge in [-0.1, -0.05) is 29.4 Å². The third-order valence-corrected chi connectivity index (χ3v) is 5.38. The van der Waals surface area contributed by atoms with E-state index in [1.165, 1.54) is 6.20 Å². The van der Waals surface area contributed by atoms with Crippen molar-refractivity contribution >= 4 is 22.6 Å². The van der Waals surface area contributed by atoms with E-state index in [1.807, 2.05) is 35.2 Å². The number of benzene rings is 1. The van der Waals surface area contributed by atoms with Gasteiger partial charge in [0, 0.05) is 43.3 Å². The van der Waals surface area contributed by atoms with Gasteiger partial charge in [-0.15, -0.1) is 0 Å². The highest BCUT2D eigenvalue weighted by molar-refractivity contribution is 5.95. The van der Waals surface area contributed by atoms with Crippen LogP contribution >= 0.6 is 0 Å². The molecule has 1 saturated heterocycles. The van der Waals surface area contributed by atoms with Gasteiger partial charge in [0.05, 0.1) is 5.52 Å². The summed E-state index contributed by atoms with van der Waals surface area (Å²) in [7, 11) is 0. The zero-order valence-electron chi connectivity index (χ0n) is 17.2. The monoisotopic (exact) mass is 454 g/mol. The first kappa shape index (κ1) is 20.9. The molecule has 0 spiro atoms. The molecule has 1 fully saturated rings. The van der Waals surface area contributed by atoms with Gasteiger partial charge in [-0.2, -0.15) is 18.2 Å². The summed E-state index contributed by atoms with van der Waals surface area (Å²) in [5.41, 5.74) is 1.49. The van der Waals surface area contributed by atoms with Crippen molar-refractivity contribution in [1.29, 1.82) is 0 Å². The lowest BCUT2D eigenvalue weighted by Crippen LogP contribution is -2.49. The number of aromatic nitrogens is 4. The Morgan fingerprint density at radius 3 is 2.42 bits per heavy atom. The predicted octanol–water partition coefficient (Wildman–Crippen LogP) is 3.66. The number of carbonyl (C=O) groups is 1. The fraction of sp³-hybridized carbons (Fsp3) is 0.227. The summed E-state index contributed by atoms with van der Waals surface area (Å²) in [6.45, 7) is 2.12. The van der Waals surface area contributed by atoms with Crippen molar-refractivity contribution in [1.82, 2.24) is 25.0 Å². The van der Waals surface area contributed by atoms with E-state index in [9.17, 15) is 18.0 Å². The molecular weight excluding hydrogens is 437 g/mol. The van der Waals surface area contributed by atoms with Crippen LogP contribution in [-0.2, 0) is 6.18 Å².